The highest BCUT2D eigenvalue weighted by molar-refractivity contribution is 5.97. The summed E-state index contributed by atoms with van der Waals surface area (Å²) in [5.41, 5.74) is 6.44. The van der Waals surface area contributed by atoms with E-state index in [1.165, 1.54) is 26.1 Å². The molecule has 0 unspecified atom stereocenters. The summed E-state index contributed by atoms with van der Waals surface area (Å²) in [4.78, 5) is 15.8. The third-order valence-electron chi connectivity index (χ3n) is 2.56. The molecule has 1 amide bonds. The van der Waals surface area contributed by atoms with Crippen molar-refractivity contribution in [3.05, 3.63) is 17.8 Å². The number of nitrogen functional groups attached to an aromatic ring is 1. The zero-order valence-corrected chi connectivity index (χ0v) is 11.2. The number of nitrogens with zero attached hydrogens (tertiary/aromatic N) is 1. The second kappa shape index (κ2) is 6.83. The molecule has 1 aromatic rings. The van der Waals surface area contributed by atoms with Crippen LogP contribution in [0.5, 0.6) is 5.88 Å². The molecule has 5 heteroatoms. The number of carbonyl (C=O) groups excluding carboxylic acids is 1. The number of hydrogen-bond acceptors (Lipinski definition) is 4. The van der Waals surface area contributed by atoms with Gasteiger partial charge >= 0.3 is 0 Å². The zero-order chi connectivity index (χ0) is 13.5. The average molecular weight is 251 g/mol. The molecule has 1 aliphatic rings. The number of anilines is 1. The molecule has 0 radical (unpaired) electrons. The lowest BCUT2D eigenvalue weighted by Crippen LogP contribution is -2.26. The summed E-state index contributed by atoms with van der Waals surface area (Å²) in [6, 6.07) is 1.58. The number of ether oxygens (including phenoxy) is 1. The molecule has 5 nitrogen and oxygen atoms in total. The van der Waals surface area contributed by atoms with E-state index in [4.69, 9.17) is 10.5 Å². The van der Waals surface area contributed by atoms with Gasteiger partial charge in [-0.2, -0.15) is 0 Å². The molecule has 0 atom stereocenters. The monoisotopic (exact) mass is 251 g/mol. The van der Waals surface area contributed by atoms with Gasteiger partial charge in [0.2, 0.25) is 5.88 Å². The van der Waals surface area contributed by atoms with Crippen molar-refractivity contribution < 1.29 is 9.53 Å². The first-order valence-electron chi connectivity index (χ1n) is 6.28. The number of carbonyl (C=O) groups is 1. The Kier molecular flexibility index (Phi) is 5.42. The highest BCUT2D eigenvalue weighted by Gasteiger charge is 2.23. The van der Waals surface area contributed by atoms with E-state index in [-0.39, 0.29) is 5.91 Å². The lowest BCUT2D eigenvalue weighted by molar-refractivity contribution is 0.0948. The molecule has 0 aromatic carbocycles. The van der Waals surface area contributed by atoms with E-state index < -0.39 is 0 Å². The van der Waals surface area contributed by atoms with E-state index in [0.717, 1.165) is 6.54 Å². The summed E-state index contributed by atoms with van der Waals surface area (Å²) in [5.74, 6) is 0.773. The van der Waals surface area contributed by atoms with Gasteiger partial charge in [-0.3, -0.25) is 4.79 Å². The Balaban J connectivity index is 0.000000771. The molecule has 1 aromatic heterocycles. The standard InChI is InChI=1S/C11H15N3O2.C2H6/c1-16-11-9(4-8(12)6-14-11)10(15)13-5-7-2-3-7;1-2/h4,6-7H,2-3,5,12H2,1H3,(H,13,15);1-2H3. The van der Waals surface area contributed by atoms with Crippen LogP contribution in [-0.4, -0.2) is 24.5 Å². The summed E-state index contributed by atoms with van der Waals surface area (Å²) in [6.07, 6.45) is 3.87. The van der Waals surface area contributed by atoms with Crippen LogP contribution in [0.4, 0.5) is 5.69 Å². The van der Waals surface area contributed by atoms with Crippen molar-refractivity contribution in [3.63, 3.8) is 0 Å². The van der Waals surface area contributed by atoms with Gasteiger partial charge in [-0.25, -0.2) is 4.98 Å². The fourth-order valence-corrected chi connectivity index (χ4v) is 1.45. The maximum Gasteiger partial charge on any atom is 0.256 e. The smallest absolute Gasteiger partial charge is 0.256 e. The number of hydrogen-bond donors (Lipinski definition) is 2. The number of aromatic nitrogens is 1. The quantitative estimate of drug-likeness (QED) is 0.856. The molecular formula is C13H21N3O2. The molecule has 0 aliphatic heterocycles. The summed E-state index contributed by atoms with van der Waals surface area (Å²) in [6.45, 7) is 4.72. The van der Waals surface area contributed by atoms with Crippen LogP contribution in [0.1, 0.15) is 37.0 Å². The molecule has 1 saturated carbocycles. The average Bonchev–Trinajstić information content (AvgIpc) is 3.22. The highest BCUT2D eigenvalue weighted by Crippen LogP contribution is 2.27. The highest BCUT2D eigenvalue weighted by atomic mass is 16.5. The van der Waals surface area contributed by atoms with E-state index >= 15 is 0 Å². The molecular weight excluding hydrogens is 230 g/mol. The van der Waals surface area contributed by atoms with E-state index in [2.05, 4.69) is 10.3 Å². The van der Waals surface area contributed by atoms with Crippen molar-refractivity contribution in [2.24, 2.45) is 5.92 Å². The fraction of sp³-hybridized carbons (Fsp3) is 0.538. The lowest BCUT2D eigenvalue weighted by Gasteiger charge is -2.08. The predicted octanol–water partition coefficient (Wildman–Crippen LogP) is 1.84. The molecule has 1 aliphatic carbocycles. The van der Waals surface area contributed by atoms with Crippen LogP contribution in [0.2, 0.25) is 0 Å². The van der Waals surface area contributed by atoms with Crippen LogP contribution in [0, 0.1) is 5.92 Å². The van der Waals surface area contributed by atoms with E-state index in [0.29, 0.717) is 23.0 Å². The van der Waals surface area contributed by atoms with Gasteiger partial charge in [0.1, 0.15) is 5.56 Å². The Bertz CT molecular complexity index is 403. The van der Waals surface area contributed by atoms with Crippen LogP contribution >= 0.6 is 0 Å². The van der Waals surface area contributed by atoms with Crippen LogP contribution in [-0.2, 0) is 0 Å². The number of nitrogens with two attached hydrogens (primary N) is 1. The predicted molar refractivity (Wildman–Crippen MR) is 71.6 cm³/mol. The Morgan fingerprint density at radius 1 is 1.56 bits per heavy atom. The topological polar surface area (TPSA) is 77.2 Å². The molecule has 2 rings (SSSR count). The summed E-state index contributed by atoms with van der Waals surface area (Å²) < 4.78 is 5.02. The van der Waals surface area contributed by atoms with Crippen molar-refractivity contribution in [3.8, 4) is 5.88 Å². The number of amides is 1. The summed E-state index contributed by atoms with van der Waals surface area (Å²) >= 11 is 0. The number of methoxy groups -OCH3 is 1. The fourth-order valence-electron chi connectivity index (χ4n) is 1.45. The molecule has 100 valence electrons. The molecule has 0 bridgehead atoms. The van der Waals surface area contributed by atoms with Crippen molar-refractivity contribution in [2.75, 3.05) is 19.4 Å². The van der Waals surface area contributed by atoms with Gasteiger partial charge in [0.15, 0.2) is 0 Å². The van der Waals surface area contributed by atoms with Gasteiger partial charge in [-0.15, -0.1) is 0 Å². The minimum atomic E-state index is -0.177. The SMILES string of the molecule is CC.COc1ncc(N)cc1C(=O)NCC1CC1. The second-order valence-corrected chi connectivity index (χ2v) is 3.98. The lowest BCUT2D eigenvalue weighted by atomic mass is 10.2. The third-order valence-corrected chi connectivity index (χ3v) is 2.56. The molecule has 0 spiro atoms. The Morgan fingerprint density at radius 2 is 2.22 bits per heavy atom. The largest absolute Gasteiger partial charge is 0.480 e. The number of nitrogens with one attached hydrogen (secondary N) is 1. The second-order valence-electron chi connectivity index (χ2n) is 3.98. The van der Waals surface area contributed by atoms with Gasteiger partial charge in [-0.1, -0.05) is 13.8 Å². The first-order chi connectivity index (χ1) is 8.70. The molecule has 1 heterocycles. The first-order valence-corrected chi connectivity index (χ1v) is 6.28. The minimum absolute atomic E-state index is 0.177. The van der Waals surface area contributed by atoms with Gasteiger partial charge in [0.05, 0.1) is 19.0 Å². The summed E-state index contributed by atoms with van der Waals surface area (Å²) in [7, 11) is 1.48. The normalized spacial score (nSPS) is 13.3. The van der Waals surface area contributed by atoms with Crippen molar-refractivity contribution in [1.82, 2.24) is 10.3 Å². The molecule has 1 fully saturated rings. The number of pyridine rings is 1. The molecule has 0 saturated heterocycles. The van der Waals surface area contributed by atoms with Crippen molar-refractivity contribution >= 4 is 11.6 Å². The Hall–Kier alpha value is -1.78. The summed E-state index contributed by atoms with van der Waals surface area (Å²) in [5, 5.41) is 2.85. The van der Waals surface area contributed by atoms with E-state index in [9.17, 15) is 4.79 Å². The van der Waals surface area contributed by atoms with Gasteiger partial charge in [0, 0.05) is 6.54 Å². The first kappa shape index (κ1) is 14.3. The maximum absolute atomic E-state index is 11.8. The van der Waals surface area contributed by atoms with Crippen LogP contribution in [0.3, 0.4) is 0 Å². The minimum Gasteiger partial charge on any atom is -0.480 e. The van der Waals surface area contributed by atoms with E-state index in [1.54, 1.807) is 6.07 Å². The Labute approximate surface area is 108 Å². The van der Waals surface area contributed by atoms with Gasteiger partial charge in [-0.05, 0) is 24.8 Å². The van der Waals surface area contributed by atoms with Crippen LogP contribution < -0.4 is 15.8 Å². The maximum atomic E-state index is 11.8. The molecule has 3 N–H and O–H groups in total. The van der Waals surface area contributed by atoms with Crippen LogP contribution in [0.15, 0.2) is 12.3 Å². The van der Waals surface area contributed by atoms with Crippen molar-refractivity contribution in [2.45, 2.75) is 26.7 Å². The zero-order valence-electron chi connectivity index (χ0n) is 11.2. The number of rotatable bonds is 4. The Morgan fingerprint density at radius 3 is 2.78 bits per heavy atom. The van der Waals surface area contributed by atoms with Gasteiger partial charge < -0.3 is 15.8 Å². The molecule has 18 heavy (non-hydrogen) atoms. The van der Waals surface area contributed by atoms with Crippen molar-refractivity contribution in [1.29, 1.82) is 0 Å². The third kappa shape index (κ3) is 3.91. The van der Waals surface area contributed by atoms with Gasteiger partial charge in [0.25, 0.3) is 5.91 Å². The van der Waals surface area contributed by atoms with E-state index in [1.807, 2.05) is 13.8 Å². The van der Waals surface area contributed by atoms with Crippen LogP contribution in [0.25, 0.3) is 0 Å².